The van der Waals surface area contributed by atoms with Crippen LogP contribution in [-0.2, 0) is 37.1 Å². The van der Waals surface area contributed by atoms with Crippen molar-refractivity contribution in [2.75, 3.05) is 11.3 Å². The molecule has 0 aliphatic rings. The monoisotopic (exact) mass is 700 g/mol. The highest BCUT2D eigenvalue weighted by Gasteiger charge is 2.42. The molecule has 0 saturated heterocycles. The molecule has 264 valence electrons. The number of fused-ring (bicyclic) bond motifs is 1. The van der Waals surface area contributed by atoms with Crippen LogP contribution in [0.25, 0.3) is 10.8 Å². The van der Waals surface area contributed by atoms with Gasteiger partial charge in [0.05, 0.1) is 10.6 Å². The van der Waals surface area contributed by atoms with Crippen molar-refractivity contribution in [3.05, 3.63) is 115 Å². The summed E-state index contributed by atoms with van der Waals surface area (Å²) < 4.78 is 36.7. The number of allylic oxidation sites excluding steroid dienone is 1. The first-order valence-corrected chi connectivity index (χ1v) is 17.9. The van der Waals surface area contributed by atoms with Crippen LogP contribution in [0.15, 0.2) is 103 Å². The number of sulfone groups is 1. The fourth-order valence-corrected chi connectivity index (χ4v) is 6.15. The topological polar surface area (TPSA) is 135 Å². The first-order valence-electron chi connectivity index (χ1n) is 16.0. The lowest BCUT2D eigenvalue weighted by Gasteiger charge is -2.40. The van der Waals surface area contributed by atoms with E-state index in [1.165, 1.54) is 11.1 Å². The summed E-state index contributed by atoms with van der Waals surface area (Å²) >= 11 is 0. The van der Waals surface area contributed by atoms with Gasteiger partial charge in [0.1, 0.15) is 11.2 Å². The minimum Gasteiger partial charge on any atom is -0.442 e. The van der Waals surface area contributed by atoms with Gasteiger partial charge in [-0.25, -0.2) is 18.0 Å². The number of ether oxygens (including phenoxy) is 2. The zero-order valence-electron chi connectivity index (χ0n) is 29.5. The Morgan fingerprint density at radius 1 is 0.880 bits per heavy atom. The first kappa shape index (κ1) is 37.6. The number of benzene rings is 3. The molecule has 3 amide bonds. The van der Waals surface area contributed by atoms with Gasteiger partial charge in [0.25, 0.3) is 0 Å². The Morgan fingerprint density at radius 2 is 1.54 bits per heavy atom. The van der Waals surface area contributed by atoms with Crippen molar-refractivity contribution < 1.29 is 32.3 Å². The van der Waals surface area contributed by atoms with Crippen LogP contribution < -0.4 is 10.3 Å². The van der Waals surface area contributed by atoms with E-state index in [-0.39, 0.29) is 17.1 Å². The summed E-state index contributed by atoms with van der Waals surface area (Å²) in [5.41, 5.74) is -0.174. The average molecular weight is 701 g/mol. The van der Waals surface area contributed by atoms with Crippen molar-refractivity contribution in [1.82, 2.24) is 15.3 Å². The number of nitrogens with zero attached hydrogens (tertiary/aromatic N) is 3. The third kappa shape index (κ3) is 9.69. The van der Waals surface area contributed by atoms with Crippen LogP contribution in [0.5, 0.6) is 0 Å². The van der Waals surface area contributed by atoms with Gasteiger partial charge in [-0.3, -0.25) is 14.8 Å². The summed E-state index contributed by atoms with van der Waals surface area (Å²) in [6.07, 6.45) is 4.42. The third-order valence-corrected chi connectivity index (χ3v) is 8.40. The molecule has 4 aromatic rings. The van der Waals surface area contributed by atoms with Gasteiger partial charge in [-0.05, 0) is 94.3 Å². The van der Waals surface area contributed by atoms with E-state index in [9.17, 15) is 22.8 Å². The molecule has 1 unspecified atom stereocenters. The van der Waals surface area contributed by atoms with Gasteiger partial charge in [0, 0.05) is 30.6 Å². The number of carbonyl (C=O) groups is 3. The largest absolute Gasteiger partial charge is 0.442 e. The zero-order valence-corrected chi connectivity index (χ0v) is 30.3. The van der Waals surface area contributed by atoms with Crippen LogP contribution in [0.2, 0.25) is 0 Å². The molecule has 0 aliphatic heterocycles. The number of hydrogen-bond donors (Lipinski definition) is 1. The molecule has 0 saturated carbocycles. The SMILES string of the molecule is C=CCc1cccc(C(C(=O)NCc2ccccc2S(C)(=O)=O)N(c2ccc3cnccc3c2)N(C(=O)OC(C)(C)C)C(=O)OC(C)(C)C)c1. The number of anilines is 1. The molecule has 0 fully saturated rings. The van der Waals surface area contributed by atoms with Crippen LogP contribution in [0.4, 0.5) is 15.3 Å². The molecule has 1 atom stereocenters. The summed E-state index contributed by atoms with van der Waals surface area (Å²) in [6.45, 7) is 13.6. The van der Waals surface area contributed by atoms with Crippen LogP contribution in [0.1, 0.15) is 64.3 Å². The van der Waals surface area contributed by atoms with Crippen molar-refractivity contribution in [2.45, 2.75) is 76.6 Å². The molecule has 0 aliphatic carbocycles. The minimum absolute atomic E-state index is 0.0639. The van der Waals surface area contributed by atoms with E-state index in [4.69, 9.17) is 9.47 Å². The highest BCUT2D eigenvalue weighted by Crippen LogP contribution is 2.34. The van der Waals surface area contributed by atoms with E-state index < -0.39 is 45.2 Å². The second-order valence-electron chi connectivity index (χ2n) is 13.8. The van der Waals surface area contributed by atoms with Gasteiger partial charge in [-0.15, -0.1) is 11.6 Å². The Balaban J connectivity index is 1.99. The van der Waals surface area contributed by atoms with Crippen molar-refractivity contribution in [3.63, 3.8) is 0 Å². The van der Waals surface area contributed by atoms with Gasteiger partial charge in [-0.1, -0.05) is 54.6 Å². The molecule has 0 bridgehead atoms. The van der Waals surface area contributed by atoms with Gasteiger partial charge in [-0.2, -0.15) is 0 Å². The van der Waals surface area contributed by atoms with E-state index >= 15 is 0 Å². The van der Waals surface area contributed by atoms with Gasteiger partial charge < -0.3 is 14.8 Å². The van der Waals surface area contributed by atoms with E-state index in [2.05, 4.69) is 16.9 Å². The first-order chi connectivity index (χ1) is 23.4. The summed E-state index contributed by atoms with van der Waals surface area (Å²) in [5.74, 6) is -0.643. The standard InChI is InChI=1S/C38H44N4O7S/c1-9-13-26-14-12-16-28(22-26)33(34(43)40-25-30-15-10-11-17-32(30)50(8,46)47)41(31-19-18-29-24-39-21-20-27(29)23-31)42(35(44)48-37(2,3)4)36(45)49-38(5,6)7/h9-12,14-24,33H,1,13,25H2,2-8H3,(H,40,43). The van der Waals surface area contributed by atoms with E-state index in [1.54, 1.807) is 121 Å². The number of aromatic nitrogens is 1. The Labute approximate surface area is 293 Å². The Morgan fingerprint density at radius 3 is 2.16 bits per heavy atom. The number of nitrogens with one attached hydrogen (secondary N) is 1. The molecular formula is C38H44N4O7S. The van der Waals surface area contributed by atoms with Gasteiger partial charge in [0.15, 0.2) is 15.9 Å². The normalized spacial score (nSPS) is 12.5. The summed E-state index contributed by atoms with van der Waals surface area (Å²) in [7, 11) is -3.62. The molecule has 50 heavy (non-hydrogen) atoms. The third-order valence-electron chi connectivity index (χ3n) is 7.20. The van der Waals surface area contributed by atoms with E-state index in [0.717, 1.165) is 22.6 Å². The van der Waals surface area contributed by atoms with Crippen LogP contribution >= 0.6 is 0 Å². The van der Waals surface area contributed by atoms with Gasteiger partial charge >= 0.3 is 12.2 Å². The number of pyridine rings is 1. The summed E-state index contributed by atoms with van der Waals surface area (Å²) in [4.78, 5) is 47.3. The number of imide groups is 1. The second kappa shape index (κ2) is 15.1. The number of amides is 3. The zero-order chi connectivity index (χ0) is 36.9. The highest BCUT2D eigenvalue weighted by molar-refractivity contribution is 7.90. The lowest BCUT2D eigenvalue weighted by Crippen LogP contribution is -2.57. The molecule has 1 N–H and O–H groups in total. The molecular weight excluding hydrogens is 657 g/mol. The van der Waals surface area contributed by atoms with Crippen LogP contribution in [0.3, 0.4) is 0 Å². The second-order valence-corrected chi connectivity index (χ2v) is 15.7. The molecule has 12 heteroatoms. The predicted octanol–water partition coefficient (Wildman–Crippen LogP) is 7.32. The Kier molecular flexibility index (Phi) is 11.4. The Hall–Kier alpha value is -5.23. The van der Waals surface area contributed by atoms with Gasteiger partial charge in [0.2, 0.25) is 5.91 Å². The molecule has 0 spiro atoms. The molecule has 11 nitrogen and oxygen atoms in total. The molecule has 3 aromatic carbocycles. The van der Waals surface area contributed by atoms with Crippen molar-refractivity contribution in [3.8, 4) is 0 Å². The molecule has 1 aromatic heterocycles. The van der Waals surface area contributed by atoms with Crippen molar-refractivity contribution in [2.24, 2.45) is 0 Å². The fourth-order valence-electron chi connectivity index (χ4n) is 5.21. The molecule has 1 heterocycles. The molecule has 0 radical (unpaired) electrons. The maximum absolute atomic E-state index is 14.7. The Bertz CT molecular complexity index is 1970. The lowest BCUT2D eigenvalue weighted by atomic mass is 10.00. The highest BCUT2D eigenvalue weighted by atomic mass is 32.2. The van der Waals surface area contributed by atoms with Crippen LogP contribution in [0, 0.1) is 0 Å². The number of hydrogen-bond acceptors (Lipinski definition) is 9. The number of carbonyl (C=O) groups excluding carboxylic acids is 3. The predicted molar refractivity (Wildman–Crippen MR) is 193 cm³/mol. The maximum atomic E-state index is 14.7. The van der Waals surface area contributed by atoms with Crippen molar-refractivity contribution in [1.29, 1.82) is 0 Å². The average Bonchev–Trinajstić information content (AvgIpc) is 3.01. The van der Waals surface area contributed by atoms with Crippen LogP contribution in [-0.4, -0.2) is 54.0 Å². The number of hydrazine groups is 1. The van der Waals surface area contributed by atoms with E-state index in [1.807, 2.05) is 6.07 Å². The fraction of sp³-hybridized carbons (Fsp3) is 0.316. The number of rotatable bonds is 10. The van der Waals surface area contributed by atoms with E-state index in [0.29, 0.717) is 22.6 Å². The minimum atomic E-state index is -3.62. The quantitative estimate of drug-likeness (QED) is 0.133. The summed E-state index contributed by atoms with van der Waals surface area (Å²) in [6, 6.07) is 19.0. The maximum Gasteiger partial charge on any atom is 0.439 e. The molecule has 4 rings (SSSR count). The smallest absolute Gasteiger partial charge is 0.439 e. The van der Waals surface area contributed by atoms with Crippen molar-refractivity contribution >= 4 is 44.4 Å². The summed E-state index contributed by atoms with van der Waals surface area (Å²) in [5, 5.41) is 6.33. The lowest BCUT2D eigenvalue weighted by molar-refractivity contribution is -0.123.